The third-order valence-electron chi connectivity index (χ3n) is 7.20. The highest BCUT2D eigenvalue weighted by molar-refractivity contribution is 7.92. The number of nitrogens with two attached hydrogens (primary N) is 1. The molecule has 3 heterocycles. The molecule has 1 aliphatic heterocycles. The molecule has 2 fully saturated rings. The molecule has 0 radical (unpaired) electrons. The number of nitrogens with zero attached hydrogens (tertiary/aromatic N) is 2. The zero-order valence-electron chi connectivity index (χ0n) is 21.6. The summed E-state index contributed by atoms with van der Waals surface area (Å²) in [5.41, 5.74) is 5.68. The summed E-state index contributed by atoms with van der Waals surface area (Å²) in [6.45, 7) is 0.00514. The van der Waals surface area contributed by atoms with Crippen molar-refractivity contribution in [2.24, 2.45) is 5.73 Å². The molecule has 14 heteroatoms. The van der Waals surface area contributed by atoms with Crippen molar-refractivity contribution in [2.45, 2.75) is 49.7 Å². The van der Waals surface area contributed by atoms with Gasteiger partial charge >= 0.3 is 12.1 Å². The number of esters is 1. The number of rotatable bonds is 9. The van der Waals surface area contributed by atoms with Gasteiger partial charge in [0.1, 0.15) is 17.2 Å². The van der Waals surface area contributed by atoms with Gasteiger partial charge in [0.15, 0.2) is 15.6 Å². The number of fused-ring (bicyclic) bond motifs is 1. The molecule has 1 saturated heterocycles. The molecular formula is C26H28FN3O8S2. The van der Waals surface area contributed by atoms with E-state index in [0.29, 0.717) is 36.8 Å². The van der Waals surface area contributed by atoms with Crippen LogP contribution in [0.5, 0.6) is 0 Å². The number of carbonyl (C=O) groups excluding carboxylic acids is 2. The van der Waals surface area contributed by atoms with Gasteiger partial charge in [0, 0.05) is 12.1 Å². The van der Waals surface area contributed by atoms with Crippen LogP contribution < -0.4 is 10.0 Å². The molecule has 11 nitrogen and oxygen atoms in total. The van der Waals surface area contributed by atoms with E-state index in [4.69, 9.17) is 10.2 Å². The molecule has 3 aromatic rings. The van der Waals surface area contributed by atoms with E-state index in [-0.39, 0.29) is 46.5 Å². The molecule has 1 aliphatic carbocycles. The van der Waals surface area contributed by atoms with Crippen molar-refractivity contribution >= 4 is 48.8 Å². The molecule has 2 aliphatic rings. The highest BCUT2D eigenvalue weighted by atomic mass is 32.2. The summed E-state index contributed by atoms with van der Waals surface area (Å²) in [7, 11) is -7.02. The molecule has 214 valence electrons. The van der Waals surface area contributed by atoms with E-state index in [1.807, 2.05) is 0 Å². The first-order valence-electron chi connectivity index (χ1n) is 12.8. The van der Waals surface area contributed by atoms with E-state index in [1.54, 1.807) is 6.07 Å². The minimum absolute atomic E-state index is 0.00514. The number of primary amides is 1. The molecule has 1 amide bonds. The lowest BCUT2D eigenvalue weighted by molar-refractivity contribution is 0.0640. The quantitative estimate of drug-likeness (QED) is 0.286. The number of hydrogen-bond donors (Lipinski definition) is 1. The second kappa shape index (κ2) is 10.5. The number of furan rings is 1. The number of hydrogen-bond acceptors (Lipinski definition) is 9. The van der Waals surface area contributed by atoms with Crippen molar-refractivity contribution in [3.8, 4) is 11.3 Å². The molecule has 0 spiro atoms. The van der Waals surface area contributed by atoms with Gasteiger partial charge in [-0.3, -0.25) is 4.31 Å². The van der Waals surface area contributed by atoms with Crippen LogP contribution >= 0.6 is 0 Å². The van der Waals surface area contributed by atoms with Crippen LogP contribution in [-0.4, -0.2) is 57.7 Å². The van der Waals surface area contributed by atoms with E-state index in [2.05, 4.69) is 9.72 Å². The lowest BCUT2D eigenvalue weighted by atomic mass is 10.0. The lowest BCUT2D eigenvalue weighted by Gasteiger charge is -2.24. The van der Waals surface area contributed by atoms with Crippen molar-refractivity contribution < 1.29 is 40.0 Å². The van der Waals surface area contributed by atoms with E-state index < -0.39 is 43.0 Å². The van der Waals surface area contributed by atoms with E-state index in [9.17, 15) is 30.8 Å². The summed E-state index contributed by atoms with van der Waals surface area (Å²) in [6, 6.07) is 6.67. The van der Waals surface area contributed by atoms with Crippen molar-refractivity contribution in [3.63, 3.8) is 0 Å². The standard InChI is InChI=1S/C26H28FN3O8S2/c1-39(33,34)30(12-2-4-18-5-3-13-40(18,35)36)23-19(15-6-7-15)14-20-21(25(31)38-26(28)32)22(37-24(20)29-23)16-8-10-17(27)11-9-16/h8-11,14-15,18H,2-7,12-13H2,1H3,(H2,28,32). The first-order chi connectivity index (χ1) is 18.8. The Bertz CT molecular complexity index is 1700. The Morgan fingerprint density at radius 1 is 1.20 bits per heavy atom. The molecular weight excluding hydrogens is 565 g/mol. The molecule has 40 heavy (non-hydrogen) atoms. The van der Waals surface area contributed by atoms with Gasteiger partial charge in [-0.15, -0.1) is 0 Å². The van der Waals surface area contributed by atoms with Crippen LogP contribution in [0.4, 0.5) is 15.0 Å². The van der Waals surface area contributed by atoms with Crippen LogP contribution in [-0.2, 0) is 24.6 Å². The average molecular weight is 594 g/mol. The predicted octanol–water partition coefficient (Wildman–Crippen LogP) is 3.87. The number of sulfone groups is 1. The first kappa shape index (κ1) is 28.0. The Balaban J connectivity index is 1.60. The summed E-state index contributed by atoms with van der Waals surface area (Å²) in [5.74, 6) is -1.43. The number of sulfonamides is 1. The second-order valence-electron chi connectivity index (χ2n) is 10.2. The molecule has 1 unspecified atom stereocenters. The molecule has 1 aromatic carbocycles. The maximum atomic E-state index is 13.6. The first-order valence-corrected chi connectivity index (χ1v) is 16.4. The number of pyridine rings is 1. The number of aromatic nitrogens is 1. The van der Waals surface area contributed by atoms with Gasteiger partial charge in [0.2, 0.25) is 15.7 Å². The normalized spacial score (nSPS) is 18.6. The lowest BCUT2D eigenvalue weighted by Crippen LogP contribution is -2.33. The van der Waals surface area contributed by atoms with Crippen molar-refractivity contribution in [1.82, 2.24) is 4.98 Å². The summed E-state index contributed by atoms with van der Waals surface area (Å²) in [6.07, 6.45) is 3.03. The van der Waals surface area contributed by atoms with Crippen LogP contribution in [0.15, 0.2) is 34.7 Å². The Labute approximate surface area is 230 Å². The fourth-order valence-corrected chi connectivity index (χ4v) is 8.02. The molecule has 5 rings (SSSR count). The van der Waals surface area contributed by atoms with Crippen LogP contribution in [0.2, 0.25) is 0 Å². The minimum atomic E-state index is -3.85. The van der Waals surface area contributed by atoms with Crippen molar-refractivity contribution in [2.75, 3.05) is 22.9 Å². The van der Waals surface area contributed by atoms with E-state index >= 15 is 0 Å². The SMILES string of the molecule is CS(=O)(=O)N(CCCC1CCCS1(=O)=O)c1nc2oc(-c3ccc(F)cc3)c(C(=O)OC(N)=O)c2cc1C1CC1. The number of anilines is 1. The Kier molecular flexibility index (Phi) is 7.33. The van der Waals surface area contributed by atoms with Crippen LogP contribution in [0.1, 0.15) is 60.4 Å². The summed E-state index contributed by atoms with van der Waals surface area (Å²) in [5, 5.41) is -0.309. The number of carbonyl (C=O) groups is 2. The Morgan fingerprint density at radius 3 is 2.48 bits per heavy atom. The second-order valence-corrected chi connectivity index (χ2v) is 14.5. The summed E-state index contributed by atoms with van der Waals surface area (Å²) >= 11 is 0. The maximum absolute atomic E-state index is 13.6. The van der Waals surface area contributed by atoms with Crippen LogP contribution in [0, 0.1) is 5.82 Å². The predicted molar refractivity (Wildman–Crippen MR) is 145 cm³/mol. The fraction of sp³-hybridized carbons (Fsp3) is 0.423. The zero-order valence-corrected chi connectivity index (χ0v) is 23.3. The third kappa shape index (κ3) is 5.68. The topological polar surface area (TPSA) is 167 Å². The molecule has 0 bridgehead atoms. The van der Waals surface area contributed by atoms with Crippen LogP contribution in [0.25, 0.3) is 22.4 Å². The number of halogens is 1. The van der Waals surface area contributed by atoms with Crippen molar-refractivity contribution in [1.29, 1.82) is 0 Å². The third-order valence-corrected chi connectivity index (χ3v) is 10.7. The Morgan fingerprint density at radius 2 is 1.90 bits per heavy atom. The van der Waals surface area contributed by atoms with Gasteiger partial charge < -0.3 is 14.9 Å². The smallest absolute Gasteiger partial charge is 0.412 e. The van der Waals surface area contributed by atoms with Gasteiger partial charge in [-0.2, -0.15) is 4.98 Å². The highest BCUT2D eigenvalue weighted by Crippen LogP contribution is 2.47. The molecule has 2 N–H and O–H groups in total. The minimum Gasteiger partial charge on any atom is -0.437 e. The molecule has 1 saturated carbocycles. The van der Waals surface area contributed by atoms with Gasteiger partial charge in [-0.25, -0.2) is 30.8 Å². The number of ether oxygens (including phenoxy) is 1. The highest BCUT2D eigenvalue weighted by Gasteiger charge is 2.36. The van der Waals surface area contributed by atoms with Gasteiger partial charge in [0.25, 0.3) is 0 Å². The number of benzene rings is 1. The fourth-order valence-electron chi connectivity index (χ4n) is 5.15. The van der Waals surface area contributed by atoms with Gasteiger partial charge in [-0.05, 0) is 80.3 Å². The summed E-state index contributed by atoms with van der Waals surface area (Å²) in [4.78, 5) is 28.9. The average Bonchev–Trinajstić information content (AvgIpc) is 3.55. The zero-order chi connectivity index (χ0) is 28.8. The monoisotopic (exact) mass is 593 g/mol. The summed E-state index contributed by atoms with van der Waals surface area (Å²) < 4.78 is 75.7. The Hall–Kier alpha value is -3.52. The van der Waals surface area contributed by atoms with Crippen LogP contribution in [0.3, 0.4) is 0 Å². The largest absolute Gasteiger partial charge is 0.437 e. The molecule has 2 aromatic heterocycles. The van der Waals surface area contributed by atoms with Gasteiger partial charge in [0.05, 0.1) is 22.6 Å². The molecule has 1 atom stereocenters. The van der Waals surface area contributed by atoms with Gasteiger partial charge in [-0.1, -0.05) is 0 Å². The van der Waals surface area contributed by atoms with E-state index in [1.165, 1.54) is 12.1 Å². The maximum Gasteiger partial charge on any atom is 0.412 e. The van der Waals surface area contributed by atoms with E-state index in [0.717, 1.165) is 35.5 Å². The van der Waals surface area contributed by atoms with Crippen molar-refractivity contribution in [3.05, 3.63) is 47.3 Å². The number of amides is 1.